The summed E-state index contributed by atoms with van der Waals surface area (Å²) < 4.78 is 0. The standard InChI is InChI=1S/C61H51B2N/c1-38-28-41(4)59(42(5)29-38)62-53-26-24-51(49-22-14-20-47(34-49)45-16-10-8-11-17-45)36-57(53)64-58-37-52(50-23-15-21-48(35-50)46-18-12-9-13-19-46)25-27-54(58)63(56-33-40(3)32-55(62)61(56)64)60-43(6)30-39(2)31-44(60)7/h8-37H,1-7H3. The van der Waals surface area contributed by atoms with E-state index >= 15 is 0 Å². The smallest absolute Gasteiger partial charge is 0.247 e. The third kappa shape index (κ3) is 6.65. The van der Waals surface area contributed by atoms with E-state index in [-0.39, 0.29) is 13.4 Å². The number of anilines is 3. The molecule has 11 rings (SSSR count). The van der Waals surface area contributed by atoms with Gasteiger partial charge in [-0.1, -0.05) is 208 Å². The van der Waals surface area contributed by atoms with Gasteiger partial charge < -0.3 is 4.90 Å². The Hall–Kier alpha value is -7.09. The molecule has 2 heterocycles. The van der Waals surface area contributed by atoms with Crippen molar-refractivity contribution in [2.24, 2.45) is 0 Å². The summed E-state index contributed by atoms with van der Waals surface area (Å²) in [5.41, 5.74) is 31.1. The molecule has 9 aromatic rings. The number of hydrogen-bond donors (Lipinski definition) is 0. The molecule has 0 saturated carbocycles. The minimum Gasteiger partial charge on any atom is -0.312 e. The molecule has 2 aliphatic heterocycles. The van der Waals surface area contributed by atoms with Crippen LogP contribution in [0.3, 0.4) is 0 Å². The quantitative estimate of drug-likeness (QED) is 0.151. The van der Waals surface area contributed by atoms with Crippen LogP contribution in [0.5, 0.6) is 0 Å². The van der Waals surface area contributed by atoms with E-state index in [4.69, 9.17) is 0 Å². The van der Waals surface area contributed by atoms with E-state index in [9.17, 15) is 0 Å². The lowest BCUT2D eigenvalue weighted by molar-refractivity contribution is 1.29. The van der Waals surface area contributed by atoms with Gasteiger partial charge in [-0.15, -0.1) is 0 Å². The summed E-state index contributed by atoms with van der Waals surface area (Å²) in [5.74, 6) is 0. The molecule has 0 N–H and O–H groups in total. The monoisotopic (exact) mass is 819 g/mol. The molecule has 0 radical (unpaired) electrons. The fourth-order valence-corrected chi connectivity index (χ4v) is 11.5. The summed E-state index contributed by atoms with van der Waals surface area (Å²) in [6, 6.07) is 68.8. The van der Waals surface area contributed by atoms with Gasteiger partial charge in [0, 0.05) is 17.1 Å². The summed E-state index contributed by atoms with van der Waals surface area (Å²) in [5, 5.41) is 0. The van der Waals surface area contributed by atoms with Gasteiger partial charge in [-0.3, -0.25) is 0 Å². The lowest BCUT2D eigenvalue weighted by Gasteiger charge is -2.45. The van der Waals surface area contributed by atoms with Gasteiger partial charge in [0.05, 0.1) is 0 Å². The lowest BCUT2D eigenvalue weighted by Crippen LogP contribution is -2.66. The van der Waals surface area contributed by atoms with Crippen LogP contribution < -0.4 is 37.7 Å². The van der Waals surface area contributed by atoms with E-state index in [0.29, 0.717) is 0 Å². The first kappa shape index (κ1) is 39.7. The maximum absolute atomic E-state index is 2.66. The van der Waals surface area contributed by atoms with Crippen molar-refractivity contribution in [1.29, 1.82) is 0 Å². The van der Waals surface area contributed by atoms with Gasteiger partial charge in [-0.25, -0.2) is 0 Å². The molecule has 0 bridgehead atoms. The van der Waals surface area contributed by atoms with Crippen LogP contribution in [0.25, 0.3) is 44.5 Å². The van der Waals surface area contributed by atoms with E-state index in [1.54, 1.807) is 0 Å². The molecule has 64 heavy (non-hydrogen) atoms. The SMILES string of the molecule is Cc1cc(C)c(B2c3ccc(-c4cccc(-c5ccccc5)c4)cc3N3c4cc(-c5cccc(-c6ccccc6)c5)ccc4B(c4c(C)cc(C)cc4C)c4cc(C)cc2c43)c(C)c1. The Morgan fingerprint density at radius 2 is 0.609 bits per heavy atom. The predicted octanol–water partition coefficient (Wildman–Crippen LogP) is 11.6. The maximum atomic E-state index is 2.66. The minimum atomic E-state index is 0.0540. The zero-order valence-corrected chi connectivity index (χ0v) is 37.9. The van der Waals surface area contributed by atoms with Gasteiger partial charge in [0.1, 0.15) is 0 Å². The third-order valence-corrected chi connectivity index (χ3v) is 14.0. The molecule has 0 spiro atoms. The molecule has 2 aliphatic rings. The summed E-state index contributed by atoms with van der Waals surface area (Å²) in [7, 11) is 0. The highest BCUT2D eigenvalue weighted by Gasteiger charge is 2.45. The van der Waals surface area contributed by atoms with Crippen LogP contribution in [-0.4, -0.2) is 13.4 Å². The van der Waals surface area contributed by atoms with Crippen LogP contribution in [-0.2, 0) is 0 Å². The number of aryl methyl sites for hydroxylation is 7. The Kier molecular flexibility index (Phi) is 9.69. The zero-order valence-electron chi connectivity index (χ0n) is 37.9. The third-order valence-electron chi connectivity index (χ3n) is 14.0. The van der Waals surface area contributed by atoms with E-state index in [1.807, 2.05) is 0 Å². The maximum Gasteiger partial charge on any atom is 0.247 e. The number of benzene rings is 9. The van der Waals surface area contributed by atoms with Gasteiger partial charge in [-0.05, 0) is 139 Å². The molecule has 306 valence electrons. The van der Waals surface area contributed by atoms with Crippen molar-refractivity contribution in [3.05, 3.63) is 221 Å². The predicted molar refractivity (Wildman–Crippen MR) is 278 cm³/mol. The van der Waals surface area contributed by atoms with Crippen molar-refractivity contribution in [1.82, 2.24) is 0 Å². The molecular weight excluding hydrogens is 768 g/mol. The van der Waals surface area contributed by atoms with Gasteiger partial charge in [0.2, 0.25) is 13.4 Å². The molecule has 9 aromatic carbocycles. The second kappa shape index (κ2) is 15.6. The van der Waals surface area contributed by atoms with E-state index in [2.05, 4.69) is 235 Å². The Bertz CT molecular complexity index is 3050. The van der Waals surface area contributed by atoms with E-state index in [1.165, 1.54) is 133 Å². The highest BCUT2D eigenvalue weighted by Crippen LogP contribution is 2.42. The van der Waals surface area contributed by atoms with Crippen molar-refractivity contribution in [3.63, 3.8) is 0 Å². The Morgan fingerprint density at radius 1 is 0.281 bits per heavy atom. The van der Waals surface area contributed by atoms with Gasteiger partial charge in [0.25, 0.3) is 0 Å². The fourth-order valence-electron chi connectivity index (χ4n) is 11.5. The van der Waals surface area contributed by atoms with Crippen LogP contribution in [0.1, 0.15) is 38.9 Å². The normalized spacial score (nSPS) is 12.5. The summed E-state index contributed by atoms with van der Waals surface area (Å²) in [6.07, 6.45) is 0. The van der Waals surface area contributed by atoms with E-state index in [0.717, 1.165) is 0 Å². The van der Waals surface area contributed by atoms with Crippen molar-refractivity contribution < 1.29 is 0 Å². The van der Waals surface area contributed by atoms with Crippen LogP contribution in [0.15, 0.2) is 182 Å². The molecule has 0 amide bonds. The zero-order chi connectivity index (χ0) is 43.8. The number of nitrogens with zero attached hydrogens (tertiary/aromatic N) is 1. The molecule has 3 heteroatoms. The van der Waals surface area contributed by atoms with Crippen LogP contribution in [0.4, 0.5) is 17.1 Å². The first-order chi connectivity index (χ1) is 31.1. The molecule has 1 nitrogen and oxygen atoms in total. The second-order valence-electron chi connectivity index (χ2n) is 18.6. The Balaban J connectivity index is 1.21. The summed E-state index contributed by atoms with van der Waals surface area (Å²) in [4.78, 5) is 2.66. The minimum absolute atomic E-state index is 0.0540. The summed E-state index contributed by atoms with van der Waals surface area (Å²) in [6.45, 7) is 16.1. The largest absolute Gasteiger partial charge is 0.312 e. The lowest BCUT2D eigenvalue weighted by atomic mass is 9.29. The van der Waals surface area contributed by atoms with Gasteiger partial charge in [-0.2, -0.15) is 0 Å². The topological polar surface area (TPSA) is 3.24 Å². The first-order valence-corrected chi connectivity index (χ1v) is 22.8. The van der Waals surface area contributed by atoms with Crippen LogP contribution >= 0.6 is 0 Å². The molecule has 0 unspecified atom stereocenters. The Morgan fingerprint density at radius 3 is 1.00 bits per heavy atom. The average Bonchev–Trinajstić information content (AvgIpc) is 3.30. The average molecular weight is 820 g/mol. The molecule has 0 atom stereocenters. The van der Waals surface area contributed by atoms with Gasteiger partial charge >= 0.3 is 0 Å². The van der Waals surface area contributed by atoms with Crippen LogP contribution in [0, 0.1) is 48.5 Å². The van der Waals surface area contributed by atoms with Crippen molar-refractivity contribution in [3.8, 4) is 44.5 Å². The molecular formula is C61H51B2N. The number of rotatable bonds is 6. The highest BCUT2D eigenvalue weighted by atomic mass is 15.2. The molecule has 0 aromatic heterocycles. The summed E-state index contributed by atoms with van der Waals surface area (Å²) >= 11 is 0. The highest BCUT2D eigenvalue weighted by molar-refractivity contribution is 7.02. The van der Waals surface area contributed by atoms with Crippen molar-refractivity contribution in [2.45, 2.75) is 48.5 Å². The van der Waals surface area contributed by atoms with Crippen molar-refractivity contribution >= 4 is 63.3 Å². The molecule has 0 saturated heterocycles. The van der Waals surface area contributed by atoms with E-state index < -0.39 is 0 Å². The molecule has 0 aliphatic carbocycles. The molecule has 0 fully saturated rings. The Labute approximate surface area is 380 Å². The number of hydrogen-bond acceptors (Lipinski definition) is 1. The first-order valence-electron chi connectivity index (χ1n) is 22.8. The van der Waals surface area contributed by atoms with Crippen LogP contribution in [0.2, 0.25) is 0 Å². The second-order valence-corrected chi connectivity index (χ2v) is 18.6. The van der Waals surface area contributed by atoms with Crippen molar-refractivity contribution in [2.75, 3.05) is 4.90 Å². The number of fused-ring (bicyclic) bond motifs is 4. The fraction of sp³-hybridized carbons (Fsp3) is 0.115. The van der Waals surface area contributed by atoms with Gasteiger partial charge in [0.15, 0.2) is 0 Å².